The normalized spacial score (nSPS) is 30.9. The van der Waals surface area contributed by atoms with E-state index in [1.165, 1.54) is 6.42 Å². The highest BCUT2D eigenvalue weighted by atomic mass is 32.1. The molecule has 2 rings (SSSR count). The summed E-state index contributed by atoms with van der Waals surface area (Å²) < 4.78 is 5.44. The molecule has 2 aliphatic rings. The molecule has 0 aromatic carbocycles. The zero-order valence-electron chi connectivity index (χ0n) is 10.9. The number of rotatable bonds is 3. The molecule has 1 aliphatic heterocycles. The zero-order valence-corrected chi connectivity index (χ0v) is 11.7. The Morgan fingerprint density at radius 3 is 2.56 bits per heavy atom. The molecular weight excluding hydrogens is 248 g/mol. The third kappa shape index (κ3) is 2.67. The lowest BCUT2D eigenvalue weighted by Gasteiger charge is -2.38. The first-order valence-electron chi connectivity index (χ1n) is 6.79. The molecule has 0 radical (unpaired) electrons. The number of hydrogen-bond donors (Lipinski definition) is 2. The van der Waals surface area contributed by atoms with Gasteiger partial charge in [-0.3, -0.25) is 4.79 Å². The lowest BCUT2D eigenvalue weighted by molar-refractivity contribution is -0.127. The van der Waals surface area contributed by atoms with Crippen molar-refractivity contribution < 1.29 is 9.53 Å². The summed E-state index contributed by atoms with van der Waals surface area (Å²) in [6.07, 6.45) is 5.88. The summed E-state index contributed by atoms with van der Waals surface area (Å²) in [5.41, 5.74) is 5.42. The molecule has 3 N–H and O–H groups in total. The summed E-state index contributed by atoms with van der Waals surface area (Å²) in [6, 6.07) is 0. The van der Waals surface area contributed by atoms with Gasteiger partial charge in [0.25, 0.3) is 0 Å². The van der Waals surface area contributed by atoms with Crippen LogP contribution in [0.15, 0.2) is 0 Å². The smallest absolute Gasteiger partial charge is 0.226 e. The molecule has 0 aromatic rings. The van der Waals surface area contributed by atoms with Crippen LogP contribution >= 0.6 is 12.2 Å². The predicted octanol–water partition coefficient (Wildman–Crippen LogP) is 1.52. The standard InChI is InChI=1S/C13H22N2O2S/c1-9-10(5-8-17-9)11(16)15-13(12(14)18)6-3-2-4-7-13/h9-10H,2-8H2,1H3,(H2,14,18)(H,15,16). The van der Waals surface area contributed by atoms with E-state index >= 15 is 0 Å². The Labute approximate surface area is 114 Å². The van der Waals surface area contributed by atoms with Gasteiger partial charge in [0.1, 0.15) is 0 Å². The third-order valence-corrected chi connectivity index (χ3v) is 4.64. The van der Waals surface area contributed by atoms with Crippen molar-refractivity contribution in [2.24, 2.45) is 11.7 Å². The summed E-state index contributed by atoms with van der Waals surface area (Å²) in [5.74, 6) is -0.00662. The summed E-state index contributed by atoms with van der Waals surface area (Å²) in [4.78, 5) is 12.8. The average Bonchev–Trinajstić information content (AvgIpc) is 2.76. The maximum absolute atomic E-state index is 12.3. The minimum absolute atomic E-state index is 0.00279. The minimum Gasteiger partial charge on any atom is -0.391 e. The van der Waals surface area contributed by atoms with Gasteiger partial charge >= 0.3 is 0 Å². The van der Waals surface area contributed by atoms with Crippen molar-refractivity contribution in [3.8, 4) is 0 Å². The number of carbonyl (C=O) groups is 1. The molecule has 18 heavy (non-hydrogen) atoms. The van der Waals surface area contributed by atoms with Crippen molar-refractivity contribution in [2.45, 2.75) is 57.1 Å². The second-order valence-corrected chi connectivity index (χ2v) is 5.91. The number of amides is 1. The Bertz CT molecular complexity index is 340. The number of carbonyl (C=O) groups excluding carboxylic acids is 1. The van der Waals surface area contributed by atoms with E-state index in [1.54, 1.807) is 0 Å². The lowest BCUT2D eigenvalue weighted by atomic mass is 9.81. The van der Waals surface area contributed by atoms with Crippen molar-refractivity contribution in [3.05, 3.63) is 0 Å². The number of hydrogen-bond acceptors (Lipinski definition) is 3. The Hall–Kier alpha value is -0.680. The fourth-order valence-electron chi connectivity index (χ4n) is 2.99. The lowest BCUT2D eigenvalue weighted by Crippen LogP contribution is -2.59. The van der Waals surface area contributed by atoms with Gasteiger partial charge in [-0.15, -0.1) is 0 Å². The first-order chi connectivity index (χ1) is 8.55. The highest BCUT2D eigenvalue weighted by Gasteiger charge is 2.40. The Morgan fingerprint density at radius 1 is 1.39 bits per heavy atom. The minimum atomic E-state index is -0.451. The number of ether oxygens (including phenoxy) is 1. The van der Waals surface area contributed by atoms with Crippen molar-refractivity contribution in [3.63, 3.8) is 0 Å². The molecule has 4 nitrogen and oxygen atoms in total. The van der Waals surface area contributed by atoms with E-state index in [4.69, 9.17) is 22.7 Å². The van der Waals surface area contributed by atoms with Gasteiger partial charge in [-0.2, -0.15) is 0 Å². The molecule has 2 atom stereocenters. The summed E-state index contributed by atoms with van der Waals surface area (Å²) in [6.45, 7) is 2.62. The SMILES string of the molecule is CC1OCCC1C(=O)NC1(C(N)=S)CCCCC1. The van der Waals surface area contributed by atoms with E-state index in [9.17, 15) is 4.79 Å². The van der Waals surface area contributed by atoms with Crippen LogP contribution in [0, 0.1) is 5.92 Å². The molecule has 1 amide bonds. The van der Waals surface area contributed by atoms with Crippen LogP contribution in [0.1, 0.15) is 45.4 Å². The highest BCUT2D eigenvalue weighted by molar-refractivity contribution is 7.80. The van der Waals surface area contributed by atoms with Crippen molar-refractivity contribution in [1.82, 2.24) is 5.32 Å². The second-order valence-electron chi connectivity index (χ2n) is 5.47. The Morgan fingerprint density at radius 2 is 2.06 bits per heavy atom. The quantitative estimate of drug-likeness (QED) is 0.763. The summed E-state index contributed by atoms with van der Waals surface area (Å²) in [5, 5.41) is 3.12. The third-order valence-electron chi connectivity index (χ3n) is 4.25. The first-order valence-corrected chi connectivity index (χ1v) is 7.19. The summed E-state index contributed by atoms with van der Waals surface area (Å²) >= 11 is 5.18. The molecule has 1 saturated heterocycles. The first kappa shape index (κ1) is 13.7. The van der Waals surface area contributed by atoms with Gasteiger partial charge in [0.05, 0.1) is 22.5 Å². The largest absolute Gasteiger partial charge is 0.391 e. The van der Waals surface area contributed by atoms with Gasteiger partial charge in [0, 0.05) is 6.61 Å². The van der Waals surface area contributed by atoms with Gasteiger partial charge < -0.3 is 15.8 Å². The molecule has 1 aliphatic carbocycles. The van der Waals surface area contributed by atoms with Crippen LogP contribution in [0.3, 0.4) is 0 Å². The van der Waals surface area contributed by atoms with Crippen LogP contribution in [0.5, 0.6) is 0 Å². The van der Waals surface area contributed by atoms with Crippen LogP contribution < -0.4 is 11.1 Å². The van der Waals surface area contributed by atoms with E-state index in [2.05, 4.69) is 5.32 Å². The summed E-state index contributed by atoms with van der Waals surface area (Å²) in [7, 11) is 0. The Balaban J connectivity index is 2.04. The van der Waals surface area contributed by atoms with E-state index in [0.717, 1.165) is 32.1 Å². The predicted molar refractivity (Wildman–Crippen MR) is 74.3 cm³/mol. The van der Waals surface area contributed by atoms with Gasteiger partial charge in [0.2, 0.25) is 5.91 Å². The number of nitrogens with two attached hydrogens (primary N) is 1. The molecular formula is C13H22N2O2S. The topological polar surface area (TPSA) is 64.3 Å². The van der Waals surface area contributed by atoms with Crippen LogP contribution in [0.2, 0.25) is 0 Å². The number of thiocarbonyl (C=S) groups is 1. The fraction of sp³-hybridized carbons (Fsp3) is 0.846. The molecule has 0 bridgehead atoms. The van der Waals surface area contributed by atoms with E-state index in [1.807, 2.05) is 6.92 Å². The van der Waals surface area contributed by atoms with E-state index in [0.29, 0.717) is 11.6 Å². The average molecular weight is 270 g/mol. The van der Waals surface area contributed by atoms with Crippen LogP contribution in [-0.2, 0) is 9.53 Å². The maximum atomic E-state index is 12.3. The van der Waals surface area contributed by atoms with Crippen molar-refractivity contribution >= 4 is 23.1 Å². The van der Waals surface area contributed by atoms with Gasteiger partial charge in [-0.25, -0.2) is 0 Å². The molecule has 2 fully saturated rings. The van der Waals surface area contributed by atoms with Gasteiger partial charge in [-0.1, -0.05) is 31.5 Å². The maximum Gasteiger partial charge on any atom is 0.226 e. The molecule has 2 unspecified atom stereocenters. The zero-order chi connectivity index (χ0) is 13.2. The van der Waals surface area contributed by atoms with Gasteiger partial charge in [0.15, 0.2) is 0 Å². The molecule has 0 aromatic heterocycles. The molecule has 1 saturated carbocycles. The second kappa shape index (κ2) is 5.53. The monoisotopic (exact) mass is 270 g/mol. The van der Waals surface area contributed by atoms with E-state index < -0.39 is 5.54 Å². The highest BCUT2D eigenvalue weighted by Crippen LogP contribution is 2.30. The fourth-order valence-corrected chi connectivity index (χ4v) is 3.25. The molecule has 0 spiro atoms. The Kier molecular flexibility index (Phi) is 4.22. The molecule has 5 heteroatoms. The van der Waals surface area contributed by atoms with Crippen LogP contribution in [0.4, 0.5) is 0 Å². The van der Waals surface area contributed by atoms with E-state index in [-0.39, 0.29) is 17.9 Å². The van der Waals surface area contributed by atoms with Crippen LogP contribution in [0.25, 0.3) is 0 Å². The molecule has 1 heterocycles. The van der Waals surface area contributed by atoms with Crippen molar-refractivity contribution in [1.29, 1.82) is 0 Å². The van der Waals surface area contributed by atoms with Gasteiger partial charge in [-0.05, 0) is 26.2 Å². The van der Waals surface area contributed by atoms with Crippen LogP contribution in [-0.4, -0.2) is 29.1 Å². The molecule has 102 valence electrons. The van der Waals surface area contributed by atoms with Crippen molar-refractivity contribution in [2.75, 3.05) is 6.61 Å². The number of nitrogens with one attached hydrogen (secondary N) is 1.